The molecule has 2 aromatic rings. The number of ether oxygens (including phenoxy) is 1. The smallest absolute Gasteiger partial charge is 0.255 e. The van der Waals surface area contributed by atoms with E-state index in [0.717, 1.165) is 16.8 Å². The van der Waals surface area contributed by atoms with Crippen LogP contribution in [0.5, 0.6) is 5.75 Å². The number of allylic oxidation sites excluding steroid dienone is 1. The highest BCUT2D eigenvalue weighted by Crippen LogP contribution is 2.31. The molecule has 1 aliphatic rings. The molecule has 3 N–H and O–H groups in total. The molecule has 5 nitrogen and oxygen atoms in total. The number of aryl methyl sites for hydroxylation is 1. The number of rotatable bonds is 4. The van der Waals surface area contributed by atoms with Gasteiger partial charge in [0.05, 0.1) is 24.4 Å². The Labute approximate surface area is 158 Å². The van der Waals surface area contributed by atoms with Crippen molar-refractivity contribution in [3.8, 4) is 5.75 Å². The molecular formula is C20H21N3O2S. The van der Waals surface area contributed by atoms with Crippen LogP contribution >= 0.6 is 12.2 Å². The van der Waals surface area contributed by atoms with Crippen molar-refractivity contribution in [1.82, 2.24) is 10.6 Å². The predicted molar refractivity (Wildman–Crippen MR) is 107 cm³/mol. The third-order valence-electron chi connectivity index (χ3n) is 4.37. The summed E-state index contributed by atoms with van der Waals surface area (Å²) in [5.74, 6) is 0.404. The minimum atomic E-state index is -0.320. The lowest BCUT2D eigenvalue weighted by atomic mass is 9.92. The quantitative estimate of drug-likeness (QED) is 0.723. The zero-order chi connectivity index (χ0) is 18.7. The van der Waals surface area contributed by atoms with Gasteiger partial charge in [-0.2, -0.15) is 0 Å². The van der Waals surface area contributed by atoms with Crippen LogP contribution in [-0.4, -0.2) is 18.1 Å². The number of nitrogens with one attached hydrogen (secondary N) is 3. The van der Waals surface area contributed by atoms with Gasteiger partial charge in [-0.25, -0.2) is 0 Å². The molecule has 0 saturated heterocycles. The molecule has 0 aromatic heterocycles. The van der Waals surface area contributed by atoms with Crippen LogP contribution in [0.3, 0.4) is 0 Å². The van der Waals surface area contributed by atoms with Crippen LogP contribution in [-0.2, 0) is 4.79 Å². The SMILES string of the molecule is COc1ccccc1NC(=O)C1=C(C)NC(=S)NC1c1ccccc1C. The molecule has 1 atom stereocenters. The molecule has 3 rings (SSSR count). The van der Waals surface area contributed by atoms with E-state index in [2.05, 4.69) is 16.0 Å². The molecule has 0 radical (unpaired) electrons. The van der Waals surface area contributed by atoms with Crippen molar-refractivity contribution in [3.05, 3.63) is 70.9 Å². The van der Waals surface area contributed by atoms with Crippen molar-refractivity contribution in [2.24, 2.45) is 0 Å². The fraction of sp³-hybridized carbons (Fsp3) is 0.200. The van der Waals surface area contributed by atoms with Crippen molar-refractivity contribution in [3.63, 3.8) is 0 Å². The van der Waals surface area contributed by atoms with Crippen LogP contribution in [0.2, 0.25) is 0 Å². The molecule has 1 unspecified atom stereocenters. The first-order valence-electron chi connectivity index (χ1n) is 8.29. The summed E-state index contributed by atoms with van der Waals surface area (Å²) in [6.07, 6.45) is 0. The van der Waals surface area contributed by atoms with Crippen molar-refractivity contribution < 1.29 is 9.53 Å². The second-order valence-corrected chi connectivity index (χ2v) is 6.49. The molecule has 1 heterocycles. The lowest BCUT2D eigenvalue weighted by Crippen LogP contribution is -2.46. The van der Waals surface area contributed by atoms with E-state index in [1.165, 1.54) is 0 Å². The van der Waals surface area contributed by atoms with E-state index in [1.807, 2.05) is 62.4 Å². The number of benzene rings is 2. The van der Waals surface area contributed by atoms with Crippen molar-refractivity contribution in [2.45, 2.75) is 19.9 Å². The van der Waals surface area contributed by atoms with Crippen LogP contribution in [0.15, 0.2) is 59.8 Å². The topological polar surface area (TPSA) is 62.4 Å². The average molecular weight is 367 g/mol. The molecule has 134 valence electrons. The van der Waals surface area contributed by atoms with E-state index < -0.39 is 0 Å². The number of anilines is 1. The molecule has 0 bridgehead atoms. The van der Waals surface area contributed by atoms with Crippen molar-refractivity contribution >= 4 is 28.9 Å². The number of amides is 1. The largest absolute Gasteiger partial charge is 0.495 e. The van der Waals surface area contributed by atoms with Gasteiger partial charge in [0.1, 0.15) is 5.75 Å². The number of carbonyl (C=O) groups excluding carboxylic acids is 1. The maximum absolute atomic E-state index is 13.1. The lowest BCUT2D eigenvalue weighted by molar-refractivity contribution is -0.113. The maximum atomic E-state index is 13.1. The molecule has 0 fully saturated rings. The normalized spacial score (nSPS) is 16.6. The van der Waals surface area contributed by atoms with E-state index in [4.69, 9.17) is 17.0 Å². The van der Waals surface area contributed by atoms with Crippen molar-refractivity contribution in [2.75, 3.05) is 12.4 Å². The monoisotopic (exact) mass is 367 g/mol. The fourth-order valence-corrected chi connectivity index (χ4v) is 3.35. The summed E-state index contributed by atoms with van der Waals surface area (Å²) in [6.45, 7) is 3.88. The number of thiocarbonyl (C=S) groups is 1. The first kappa shape index (κ1) is 17.9. The molecule has 1 amide bonds. The number of methoxy groups -OCH3 is 1. The van der Waals surface area contributed by atoms with Gasteiger partial charge in [-0.3, -0.25) is 4.79 Å². The summed E-state index contributed by atoms with van der Waals surface area (Å²) in [7, 11) is 1.58. The summed E-state index contributed by atoms with van der Waals surface area (Å²) in [4.78, 5) is 13.1. The van der Waals surface area contributed by atoms with Crippen LogP contribution in [0.4, 0.5) is 5.69 Å². The number of carbonyl (C=O) groups is 1. The second-order valence-electron chi connectivity index (χ2n) is 6.08. The van der Waals surface area contributed by atoms with Crippen LogP contribution < -0.4 is 20.7 Å². The van der Waals surface area contributed by atoms with Gasteiger partial charge in [0.15, 0.2) is 5.11 Å². The summed E-state index contributed by atoms with van der Waals surface area (Å²) in [6, 6.07) is 15.0. The van der Waals surface area contributed by atoms with E-state index in [-0.39, 0.29) is 11.9 Å². The Hall–Kier alpha value is -2.86. The zero-order valence-corrected chi connectivity index (χ0v) is 15.7. The van der Waals surface area contributed by atoms with E-state index >= 15 is 0 Å². The highest BCUT2D eigenvalue weighted by molar-refractivity contribution is 7.80. The molecule has 0 spiro atoms. The van der Waals surface area contributed by atoms with Gasteiger partial charge in [0, 0.05) is 5.70 Å². The van der Waals surface area contributed by atoms with E-state index in [1.54, 1.807) is 7.11 Å². The maximum Gasteiger partial charge on any atom is 0.255 e. The molecule has 0 aliphatic carbocycles. The molecule has 1 aliphatic heterocycles. The Kier molecular flexibility index (Phi) is 5.23. The molecule has 0 saturated carbocycles. The third kappa shape index (κ3) is 3.55. The average Bonchev–Trinajstić information content (AvgIpc) is 2.61. The zero-order valence-electron chi connectivity index (χ0n) is 14.9. The Morgan fingerprint density at radius 1 is 1.12 bits per heavy atom. The Balaban J connectivity index is 1.99. The second kappa shape index (κ2) is 7.58. The lowest BCUT2D eigenvalue weighted by Gasteiger charge is -2.31. The van der Waals surface area contributed by atoms with Gasteiger partial charge in [0.25, 0.3) is 5.91 Å². The summed E-state index contributed by atoms with van der Waals surface area (Å²) in [5.41, 5.74) is 4.05. The first-order valence-corrected chi connectivity index (χ1v) is 8.70. The van der Waals surface area contributed by atoms with E-state index in [9.17, 15) is 4.79 Å². The van der Waals surface area contributed by atoms with Crippen LogP contribution in [0, 0.1) is 6.92 Å². The first-order chi connectivity index (χ1) is 12.5. The van der Waals surface area contributed by atoms with Crippen molar-refractivity contribution in [1.29, 1.82) is 0 Å². The summed E-state index contributed by atoms with van der Waals surface area (Å²) >= 11 is 5.30. The number of hydrogen-bond acceptors (Lipinski definition) is 3. The number of para-hydroxylation sites is 2. The van der Waals surface area contributed by atoms with Gasteiger partial charge in [-0.15, -0.1) is 0 Å². The standard InChI is InChI=1S/C20H21N3O2S/c1-12-8-4-5-9-14(12)18-17(13(2)21-20(26)23-18)19(24)22-15-10-6-7-11-16(15)25-3/h4-11,18H,1-3H3,(H,22,24)(H2,21,23,26). The van der Waals surface area contributed by atoms with Gasteiger partial charge in [-0.1, -0.05) is 36.4 Å². The van der Waals surface area contributed by atoms with Gasteiger partial charge >= 0.3 is 0 Å². The van der Waals surface area contributed by atoms with Gasteiger partial charge in [-0.05, 0) is 49.3 Å². The highest BCUT2D eigenvalue weighted by atomic mass is 32.1. The molecule has 2 aromatic carbocycles. The Bertz CT molecular complexity index is 892. The minimum absolute atomic E-state index is 0.206. The summed E-state index contributed by atoms with van der Waals surface area (Å²) < 4.78 is 5.33. The fourth-order valence-electron chi connectivity index (χ4n) is 3.08. The van der Waals surface area contributed by atoms with E-state index in [0.29, 0.717) is 22.1 Å². The van der Waals surface area contributed by atoms with Crippen LogP contribution in [0.25, 0.3) is 0 Å². The van der Waals surface area contributed by atoms with Gasteiger partial charge in [0.2, 0.25) is 0 Å². The molecule has 26 heavy (non-hydrogen) atoms. The summed E-state index contributed by atoms with van der Waals surface area (Å²) in [5, 5.41) is 9.73. The predicted octanol–water partition coefficient (Wildman–Crippen LogP) is 3.44. The highest BCUT2D eigenvalue weighted by Gasteiger charge is 2.30. The molecule has 6 heteroatoms. The van der Waals surface area contributed by atoms with Gasteiger partial charge < -0.3 is 20.7 Å². The Morgan fingerprint density at radius 2 is 1.81 bits per heavy atom. The minimum Gasteiger partial charge on any atom is -0.495 e. The number of hydrogen-bond donors (Lipinski definition) is 3. The van der Waals surface area contributed by atoms with Crippen LogP contribution in [0.1, 0.15) is 24.1 Å². The Morgan fingerprint density at radius 3 is 2.54 bits per heavy atom. The third-order valence-corrected chi connectivity index (χ3v) is 4.59. The molecular weight excluding hydrogens is 346 g/mol.